The van der Waals surface area contributed by atoms with Crippen LogP contribution in [0.25, 0.3) is 5.76 Å². The number of aliphatic hydroxyl groups is 1. The maximum atomic E-state index is 13.1. The summed E-state index contributed by atoms with van der Waals surface area (Å²) in [6.45, 7) is 1.18. The Morgan fingerprint density at radius 1 is 1.00 bits per heavy atom. The Bertz CT molecular complexity index is 1220. The number of aliphatic hydroxyl groups excluding tert-OH is 1. The highest BCUT2D eigenvalue weighted by molar-refractivity contribution is 6.46. The molecule has 3 heterocycles. The number of benzene rings is 2. The van der Waals surface area contributed by atoms with Crippen LogP contribution in [0.1, 0.15) is 22.7 Å². The number of aromatic nitrogens is 1. The number of pyridine rings is 1. The van der Waals surface area contributed by atoms with Crippen molar-refractivity contribution in [1.29, 1.82) is 0 Å². The smallest absolute Gasteiger partial charge is 0.295 e. The number of carbonyl (C=O) groups excluding carboxylic acids is 2. The lowest BCUT2D eigenvalue weighted by molar-refractivity contribution is -0.139. The van der Waals surface area contributed by atoms with Crippen LogP contribution in [0.3, 0.4) is 0 Å². The van der Waals surface area contributed by atoms with E-state index in [2.05, 4.69) is 4.98 Å². The van der Waals surface area contributed by atoms with Crippen LogP contribution in [-0.2, 0) is 16.0 Å². The minimum absolute atomic E-state index is 0.0396. The van der Waals surface area contributed by atoms with Crippen molar-refractivity contribution in [1.82, 2.24) is 9.88 Å². The zero-order valence-corrected chi connectivity index (χ0v) is 17.8. The summed E-state index contributed by atoms with van der Waals surface area (Å²) in [6, 6.07) is 17.5. The van der Waals surface area contributed by atoms with E-state index in [9.17, 15) is 14.7 Å². The van der Waals surface area contributed by atoms with E-state index in [1.165, 1.54) is 4.90 Å². The van der Waals surface area contributed by atoms with Gasteiger partial charge >= 0.3 is 0 Å². The molecule has 1 aromatic heterocycles. The Morgan fingerprint density at radius 3 is 2.55 bits per heavy atom. The molecule has 0 radical (unpaired) electrons. The van der Waals surface area contributed by atoms with Crippen LogP contribution in [-0.4, -0.2) is 46.4 Å². The Labute approximate surface area is 190 Å². The molecule has 5 rings (SSSR count). The third kappa shape index (κ3) is 3.93. The molecule has 1 saturated heterocycles. The van der Waals surface area contributed by atoms with E-state index < -0.39 is 17.7 Å². The number of fused-ring (bicyclic) bond motifs is 1. The molecule has 2 aliphatic rings. The number of likely N-dealkylation sites (tertiary alicyclic amines) is 1. The third-order valence-electron chi connectivity index (χ3n) is 5.84. The monoisotopic (exact) mass is 442 g/mol. The van der Waals surface area contributed by atoms with Gasteiger partial charge in [0, 0.05) is 24.5 Å². The average molecular weight is 442 g/mol. The molecule has 2 aromatic carbocycles. The standard InChI is InChI=1S/C26H22N2O5/c29-24(18-8-9-20-21(15-18)33-14-13-32-20)22-23(19-7-4-11-27-16-19)28(26(31)25(22)30)12-10-17-5-2-1-3-6-17/h1-9,11,15-16,23,29H,10,12-14H2/t23-/m1/s1. The molecule has 0 aliphatic carbocycles. The largest absolute Gasteiger partial charge is 0.507 e. The number of carbonyl (C=O) groups is 2. The molecule has 7 nitrogen and oxygen atoms in total. The predicted octanol–water partition coefficient (Wildman–Crippen LogP) is 3.52. The van der Waals surface area contributed by atoms with Gasteiger partial charge in [-0.15, -0.1) is 0 Å². The molecular formula is C26H22N2O5. The molecule has 33 heavy (non-hydrogen) atoms. The van der Waals surface area contributed by atoms with Gasteiger partial charge in [0.25, 0.3) is 11.7 Å². The fraction of sp³-hybridized carbons (Fsp3) is 0.192. The lowest BCUT2D eigenvalue weighted by Gasteiger charge is -2.25. The van der Waals surface area contributed by atoms with Gasteiger partial charge in [0.15, 0.2) is 11.5 Å². The van der Waals surface area contributed by atoms with E-state index in [0.717, 1.165) is 5.56 Å². The molecule has 3 aromatic rings. The first-order valence-corrected chi connectivity index (χ1v) is 10.8. The van der Waals surface area contributed by atoms with Gasteiger partial charge in [-0.05, 0) is 41.8 Å². The molecule has 0 bridgehead atoms. The number of hydrogen-bond acceptors (Lipinski definition) is 6. The summed E-state index contributed by atoms with van der Waals surface area (Å²) in [5.74, 6) is -0.545. The predicted molar refractivity (Wildman–Crippen MR) is 121 cm³/mol. The Balaban J connectivity index is 1.56. The van der Waals surface area contributed by atoms with E-state index in [4.69, 9.17) is 9.47 Å². The molecule has 1 N–H and O–H groups in total. The van der Waals surface area contributed by atoms with Crippen molar-refractivity contribution in [2.24, 2.45) is 0 Å². The normalized spacial score (nSPS) is 19.0. The number of amides is 1. The summed E-state index contributed by atoms with van der Waals surface area (Å²) in [5.41, 5.74) is 2.13. The second-order valence-electron chi connectivity index (χ2n) is 7.87. The zero-order chi connectivity index (χ0) is 22.8. The Hall–Kier alpha value is -4.13. The summed E-state index contributed by atoms with van der Waals surface area (Å²) in [7, 11) is 0. The fourth-order valence-electron chi connectivity index (χ4n) is 4.24. The van der Waals surface area contributed by atoms with Gasteiger partial charge in [-0.2, -0.15) is 0 Å². The maximum Gasteiger partial charge on any atom is 0.295 e. The first kappa shape index (κ1) is 20.8. The fourth-order valence-corrected chi connectivity index (χ4v) is 4.24. The molecule has 1 atom stereocenters. The summed E-state index contributed by atoms with van der Waals surface area (Å²) in [4.78, 5) is 31.9. The van der Waals surface area contributed by atoms with E-state index in [1.807, 2.05) is 30.3 Å². The molecule has 1 amide bonds. The van der Waals surface area contributed by atoms with Gasteiger partial charge in [0.1, 0.15) is 19.0 Å². The molecule has 0 saturated carbocycles. The number of Topliss-reactive ketones (excluding diaryl/α,β-unsaturated/α-hetero) is 1. The molecular weight excluding hydrogens is 420 g/mol. The molecule has 0 spiro atoms. The molecule has 7 heteroatoms. The number of ether oxygens (including phenoxy) is 2. The maximum absolute atomic E-state index is 13.1. The quantitative estimate of drug-likeness (QED) is 0.370. The Morgan fingerprint density at radius 2 is 1.79 bits per heavy atom. The third-order valence-corrected chi connectivity index (χ3v) is 5.84. The van der Waals surface area contributed by atoms with Gasteiger partial charge in [0.2, 0.25) is 0 Å². The van der Waals surface area contributed by atoms with Crippen molar-refractivity contribution >= 4 is 17.4 Å². The van der Waals surface area contributed by atoms with Gasteiger partial charge in [-0.3, -0.25) is 14.6 Å². The van der Waals surface area contributed by atoms with Gasteiger partial charge in [0.05, 0.1) is 11.6 Å². The minimum atomic E-state index is -0.740. The van der Waals surface area contributed by atoms with Crippen LogP contribution in [0.2, 0.25) is 0 Å². The molecule has 2 aliphatic heterocycles. The van der Waals surface area contributed by atoms with Crippen molar-refractivity contribution in [3.63, 3.8) is 0 Å². The second kappa shape index (κ2) is 8.78. The van der Waals surface area contributed by atoms with E-state index in [-0.39, 0.29) is 11.3 Å². The first-order valence-electron chi connectivity index (χ1n) is 10.8. The van der Waals surface area contributed by atoms with Crippen LogP contribution >= 0.6 is 0 Å². The molecule has 0 unspecified atom stereocenters. The van der Waals surface area contributed by atoms with Crippen molar-refractivity contribution in [3.8, 4) is 11.5 Å². The average Bonchev–Trinajstić information content (AvgIpc) is 3.12. The topological polar surface area (TPSA) is 89.0 Å². The number of nitrogens with zero attached hydrogens (tertiary/aromatic N) is 2. The van der Waals surface area contributed by atoms with Crippen LogP contribution in [0, 0.1) is 0 Å². The van der Waals surface area contributed by atoms with Crippen LogP contribution < -0.4 is 9.47 Å². The highest BCUT2D eigenvalue weighted by Gasteiger charge is 2.46. The number of hydrogen-bond donors (Lipinski definition) is 1. The van der Waals surface area contributed by atoms with Crippen molar-refractivity contribution in [2.75, 3.05) is 19.8 Å². The zero-order valence-electron chi connectivity index (χ0n) is 17.8. The van der Waals surface area contributed by atoms with E-state index in [0.29, 0.717) is 48.8 Å². The summed E-state index contributed by atoms with van der Waals surface area (Å²) in [5, 5.41) is 11.2. The van der Waals surface area contributed by atoms with E-state index in [1.54, 1.807) is 42.7 Å². The minimum Gasteiger partial charge on any atom is -0.507 e. The summed E-state index contributed by atoms with van der Waals surface area (Å²) < 4.78 is 11.2. The molecule has 166 valence electrons. The Kier molecular flexibility index (Phi) is 5.52. The highest BCUT2D eigenvalue weighted by Crippen LogP contribution is 2.40. The van der Waals surface area contributed by atoms with Crippen LogP contribution in [0.15, 0.2) is 78.6 Å². The van der Waals surface area contributed by atoms with Gasteiger partial charge < -0.3 is 19.5 Å². The highest BCUT2D eigenvalue weighted by atomic mass is 16.6. The van der Waals surface area contributed by atoms with Gasteiger partial charge in [-0.25, -0.2) is 0 Å². The number of ketones is 1. The van der Waals surface area contributed by atoms with Gasteiger partial charge in [-0.1, -0.05) is 36.4 Å². The SMILES string of the molecule is O=C1C(=O)N(CCc2ccccc2)[C@H](c2cccnc2)C1=C(O)c1ccc2c(c1)OCCO2. The lowest BCUT2D eigenvalue weighted by atomic mass is 9.96. The van der Waals surface area contributed by atoms with Crippen LogP contribution in [0.4, 0.5) is 0 Å². The lowest BCUT2D eigenvalue weighted by Crippen LogP contribution is -2.31. The number of rotatable bonds is 5. The first-order chi connectivity index (χ1) is 16.1. The van der Waals surface area contributed by atoms with Crippen molar-refractivity contribution < 1.29 is 24.2 Å². The summed E-state index contributed by atoms with van der Waals surface area (Å²) in [6.07, 6.45) is 3.82. The van der Waals surface area contributed by atoms with Crippen molar-refractivity contribution in [3.05, 3.63) is 95.3 Å². The second-order valence-corrected chi connectivity index (χ2v) is 7.87. The summed E-state index contributed by atoms with van der Waals surface area (Å²) >= 11 is 0. The van der Waals surface area contributed by atoms with Crippen molar-refractivity contribution in [2.45, 2.75) is 12.5 Å². The van der Waals surface area contributed by atoms with E-state index >= 15 is 0 Å². The van der Waals surface area contributed by atoms with Crippen LogP contribution in [0.5, 0.6) is 11.5 Å². The molecule has 1 fully saturated rings.